The van der Waals surface area contributed by atoms with Gasteiger partial charge in [-0.3, -0.25) is 4.79 Å². The van der Waals surface area contributed by atoms with Crippen molar-refractivity contribution >= 4 is 24.1 Å². The fourth-order valence-corrected chi connectivity index (χ4v) is 0.998. The van der Waals surface area contributed by atoms with Gasteiger partial charge in [-0.15, -0.1) is 0 Å². The highest BCUT2D eigenvalue weighted by Gasteiger charge is 2.16. The summed E-state index contributed by atoms with van der Waals surface area (Å²) in [7, 11) is 0. The van der Waals surface area contributed by atoms with Gasteiger partial charge in [0.25, 0.3) is 5.91 Å². The van der Waals surface area contributed by atoms with E-state index < -0.39 is 11.7 Å². The molecule has 1 N–H and O–H groups in total. The standard InChI is InChI=1S/C10H15N3O3/c1-10(2,3)16-9(15)12-6-7-11-5-4-8(14)13-7/h5H,4,6H2,1-3H3,(H,12,15). The molecular formula is C10H15N3O3. The van der Waals surface area contributed by atoms with Gasteiger partial charge in [-0.2, -0.15) is 4.99 Å². The molecule has 0 saturated heterocycles. The molecule has 0 atom stereocenters. The number of alkyl carbamates (subject to hydrolysis) is 1. The molecule has 0 aliphatic carbocycles. The maximum atomic E-state index is 11.3. The van der Waals surface area contributed by atoms with Crippen LogP contribution in [0.3, 0.4) is 0 Å². The molecule has 0 unspecified atom stereocenters. The summed E-state index contributed by atoms with van der Waals surface area (Å²) in [4.78, 5) is 29.7. The fraction of sp³-hybridized carbons (Fsp3) is 0.600. The van der Waals surface area contributed by atoms with Crippen molar-refractivity contribution in [2.45, 2.75) is 32.8 Å². The van der Waals surface area contributed by atoms with Gasteiger partial charge < -0.3 is 10.1 Å². The molecule has 1 heterocycles. The van der Waals surface area contributed by atoms with Crippen molar-refractivity contribution in [2.24, 2.45) is 9.98 Å². The number of amidine groups is 1. The first kappa shape index (κ1) is 12.4. The number of ether oxygens (including phenoxy) is 1. The molecule has 0 bridgehead atoms. The van der Waals surface area contributed by atoms with E-state index in [1.165, 1.54) is 6.21 Å². The molecule has 0 saturated carbocycles. The number of nitrogens with one attached hydrogen (secondary N) is 1. The molecule has 0 radical (unpaired) electrons. The van der Waals surface area contributed by atoms with Gasteiger partial charge in [-0.1, -0.05) is 0 Å². The third-order valence-corrected chi connectivity index (χ3v) is 1.55. The average Bonchev–Trinajstić information content (AvgIpc) is 2.12. The highest BCUT2D eigenvalue weighted by molar-refractivity contribution is 6.08. The SMILES string of the molecule is CC(C)(C)OC(=O)NCC1=NC(=O)CC=N1. The number of carbonyl (C=O) groups excluding carboxylic acids is 2. The lowest BCUT2D eigenvalue weighted by Crippen LogP contribution is -2.35. The number of aliphatic imine (C=N–C) groups is 2. The van der Waals surface area contributed by atoms with Crippen molar-refractivity contribution in [2.75, 3.05) is 6.54 Å². The number of hydrogen-bond donors (Lipinski definition) is 1. The molecule has 0 spiro atoms. The summed E-state index contributed by atoms with van der Waals surface area (Å²) in [6, 6.07) is 0. The van der Waals surface area contributed by atoms with Crippen molar-refractivity contribution in [3.8, 4) is 0 Å². The van der Waals surface area contributed by atoms with Crippen molar-refractivity contribution in [3.05, 3.63) is 0 Å². The van der Waals surface area contributed by atoms with Gasteiger partial charge in [0.15, 0.2) is 5.84 Å². The van der Waals surface area contributed by atoms with Gasteiger partial charge >= 0.3 is 6.09 Å². The number of amides is 2. The van der Waals surface area contributed by atoms with Gasteiger partial charge in [0.1, 0.15) is 5.60 Å². The van der Waals surface area contributed by atoms with Gasteiger partial charge in [0.05, 0.1) is 13.0 Å². The smallest absolute Gasteiger partial charge is 0.408 e. The topological polar surface area (TPSA) is 80.1 Å². The molecular weight excluding hydrogens is 210 g/mol. The predicted octanol–water partition coefficient (Wildman–Crippen LogP) is 0.911. The fourth-order valence-electron chi connectivity index (χ4n) is 0.998. The van der Waals surface area contributed by atoms with Crippen LogP contribution in [-0.4, -0.2) is 36.2 Å². The second-order valence-corrected chi connectivity index (χ2v) is 4.29. The summed E-state index contributed by atoms with van der Waals surface area (Å²) in [5.41, 5.74) is -0.544. The summed E-state index contributed by atoms with van der Waals surface area (Å²) < 4.78 is 5.01. The minimum Gasteiger partial charge on any atom is -0.444 e. The van der Waals surface area contributed by atoms with E-state index in [2.05, 4.69) is 15.3 Å². The lowest BCUT2D eigenvalue weighted by atomic mass is 10.2. The minimum absolute atomic E-state index is 0.0944. The Morgan fingerprint density at radius 1 is 1.56 bits per heavy atom. The van der Waals surface area contributed by atoms with E-state index in [1.54, 1.807) is 20.8 Å². The average molecular weight is 225 g/mol. The molecule has 1 aliphatic rings. The second kappa shape index (κ2) is 4.87. The van der Waals surface area contributed by atoms with Gasteiger partial charge in [-0.05, 0) is 20.8 Å². The molecule has 0 aromatic carbocycles. The quantitative estimate of drug-likeness (QED) is 0.758. The van der Waals surface area contributed by atoms with E-state index in [4.69, 9.17) is 4.74 Å². The monoisotopic (exact) mass is 225 g/mol. The third kappa shape index (κ3) is 4.68. The Morgan fingerprint density at radius 3 is 2.81 bits per heavy atom. The van der Waals surface area contributed by atoms with Gasteiger partial charge in [0, 0.05) is 6.21 Å². The minimum atomic E-state index is -0.552. The van der Waals surface area contributed by atoms with Crippen LogP contribution in [0.1, 0.15) is 27.2 Å². The van der Waals surface area contributed by atoms with E-state index in [9.17, 15) is 9.59 Å². The van der Waals surface area contributed by atoms with Crippen LogP contribution < -0.4 is 5.32 Å². The molecule has 16 heavy (non-hydrogen) atoms. The lowest BCUT2D eigenvalue weighted by Gasteiger charge is -2.19. The first-order valence-corrected chi connectivity index (χ1v) is 4.96. The molecule has 0 aromatic rings. The molecule has 1 aliphatic heterocycles. The highest BCUT2D eigenvalue weighted by atomic mass is 16.6. The van der Waals surface area contributed by atoms with Crippen LogP contribution in [0.2, 0.25) is 0 Å². The summed E-state index contributed by atoms with van der Waals surface area (Å²) in [6.07, 6.45) is 1.14. The Kier molecular flexibility index (Phi) is 3.76. The van der Waals surface area contributed by atoms with Crippen molar-refractivity contribution in [3.63, 3.8) is 0 Å². The lowest BCUT2D eigenvalue weighted by molar-refractivity contribution is -0.116. The molecule has 1 rings (SSSR count). The zero-order chi connectivity index (χ0) is 12.2. The molecule has 6 nitrogen and oxygen atoms in total. The largest absolute Gasteiger partial charge is 0.444 e. The second-order valence-electron chi connectivity index (χ2n) is 4.29. The number of carbonyl (C=O) groups is 2. The first-order chi connectivity index (χ1) is 7.37. The van der Waals surface area contributed by atoms with Gasteiger partial charge in [0.2, 0.25) is 0 Å². The predicted molar refractivity (Wildman–Crippen MR) is 59.8 cm³/mol. The van der Waals surface area contributed by atoms with Crippen molar-refractivity contribution in [1.29, 1.82) is 0 Å². The summed E-state index contributed by atoms with van der Waals surface area (Å²) in [6.45, 7) is 5.41. The maximum absolute atomic E-state index is 11.3. The van der Waals surface area contributed by atoms with E-state index >= 15 is 0 Å². The molecule has 88 valence electrons. The van der Waals surface area contributed by atoms with Crippen molar-refractivity contribution in [1.82, 2.24) is 5.32 Å². The number of nitrogens with zero attached hydrogens (tertiary/aromatic N) is 2. The molecule has 0 fully saturated rings. The van der Waals surface area contributed by atoms with E-state index in [0.717, 1.165) is 0 Å². The number of rotatable bonds is 2. The Labute approximate surface area is 93.8 Å². The first-order valence-electron chi connectivity index (χ1n) is 4.96. The van der Waals surface area contributed by atoms with E-state index in [0.29, 0.717) is 5.84 Å². The summed E-state index contributed by atoms with van der Waals surface area (Å²) in [5, 5.41) is 2.47. The molecule has 0 aromatic heterocycles. The third-order valence-electron chi connectivity index (χ3n) is 1.55. The van der Waals surface area contributed by atoms with Crippen LogP contribution in [0.4, 0.5) is 4.79 Å². The normalized spacial score (nSPS) is 15.7. The summed E-state index contributed by atoms with van der Waals surface area (Å²) >= 11 is 0. The molecule has 2 amide bonds. The van der Waals surface area contributed by atoms with Crippen LogP contribution in [0.15, 0.2) is 9.98 Å². The van der Waals surface area contributed by atoms with Gasteiger partial charge in [-0.25, -0.2) is 9.79 Å². The van der Waals surface area contributed by atoms with Crippen LogP contribution in [0, 0.1) is 0 Å². The van der Waals surface area contributed by atoms with Crippen LogP contribution in [0.25, 0.3) is 0 Å². The summed E-state index contributed by atoms with van der Waals surface area (Å²) in [5.74, 6) is 0.0399. The highest BCUT2D eigenvalue weighted by Crippen LogP contribution is 2.06. The van der Waals surface area contributed by atoms with Crippen LogP contribution in [0.5, 0.6) is 0 Å². The van der Waals surface area contributed by atoms with E-state index in [-0.39, 0.29) is 18.9 Å². The Bertz CT molecular complexity index is 353. The maximum Gasteiger partial charge on any atom is 0.408 e. The Hall–Kier alpha value is -1.72. The molecule has 6 heteroatoms. The van der Waals surface area contributed by atoms with Crippen LogP contribution >= 0.6 is 0 Å². The zero-order valence-electron chi connectivity index (χ0n) is 9.61. The zero-order valence-corrected chi connectivity index (χ0v) is 9.61. The Morgan fingerprint density at radius 2 is 2.25 bits per heavy atom. The van der Waals surface area contributed by atoms with Crippen LogP contribution in [-0.2, 0) is 9.53 Å². The number of hydrogen-bond acceptors (Lipinski definition) is 4. The van der Waals surface area contributed by atoms with E-state index in [1.807, 2.05) is 0 Å². The van der Waals surface area contributed by atoms with Crippen molar-refractivity contribution < 1.29 is 14.3 Å². The Balaban J connectivity index is 2.38.